The number of ether oxygens (including phenoxy) is 1. The molecule has 0 fully saturated rings. The van der Waals surface area contributed by atoms with Crippen LogP contribution in [0.5, 0.6) is 5.75 Å². The lowest BCUT2D eigenvalue weighted by atomic mass is 10.3. The summed E-state index contributed by atoms with van der Waals surface area (Å²) in [5, 5.41) is 9.73. The molecule has 0 aliphatic carbocycles. The number of carbonyl (C=O) groups is 1. The minimum absolute atomic E-state index is 0.0587. The molecule has 1 aromatic rings. The van der Waals surface area contributed by atoms with E-state index >= 15 is 0 Å². The van der Waals surface area contributed by atoms with Crippen molar-refractivity contribution in [2.24, 2.45) is 0 Å². The van der Waals surface area contributed by atoms with Gasteiger partial charge in [-0.15, -0.1) is 0 Å². The van der Waals surface area contributed by atoms with Crippen LogP contribution in [-0.4, -0.2) is 32.4 Å². The summed E-state index contributed by atoms with van der Waals surface area (Å²) >= 11 is 0. The third-order valence-corrected chi connectivity index (χ3v) is 3.94. The van der Waals surface area contributed by atoms with E-state index < -0.39 is 21.0 Å². The Morgan fingerprint density at radius 2 is 2.00 bits per heavy atom. The lowest BCUT2D eigenvalue weighted by Crippen LogP contribution is -2.31. The molecule has 0 aromatic heterocycles. The van der Waals surface area contributed by atoms with Crippen LogP contribution >= 0.6 is 0 Å². The Balaban J connectivity index is 2.68. The van der Waals surface area contributed by atoms with Crippen molar-refractivity contribution in [1.82, 2.24) is 0 Å². The third-order valence-electron chi connectivity index (χ3n) is 2.44. The van der Waals surface area contributed by atoms with Crippen LogP contribution < -0.4 is 10.1 Å². The zero-order chi connectivity index (χ0) is 14.5. The van der Waals surface area contributed by atoms with Crippen LogP contribution in [0.3, 0.4) is 0 Å². The van der Waals surface area contributed by atoms with Crippen LogP contribution in [0.4, 0.5) is 5.69 Å². The van der Waals surface area contributed by atoms with Crippen LogP contribution in [0.1, 0.15) is 6.92 Å². The number of carbonyl (C=O) groups excluding carboxylic acids is 1. The largest absolute Gasteiger partial charge is 0.479 e. The maximum absolute atomic E-state index is 11.7. The van der Waals surface area contributed by atoms with Crippen LogP contribution in [0.15, 0.2) is 24.3 Å². The van der Waals surface area contributed by atoms with Gasteiger partial charge in [-0.25, -0.2) is 8.42 Å². The minimum atomic E-state index is -3.42. The fraction of sp³-hybridized carbons (Fsp3) is 0.333. The zero-order valence-corrected chi connectivity index (χ0v) is 11.4. The van der Waals surface area contributed by atoms with Gasteiger partial charge in [-0.2, -0.15) is 5.26 Å². The second kappa shape index (κ2) is 6.20. The molecule has 1 atom stereocenters. The van der Waals surface area contributed by atoms with Gasteiger partial charge in [0.05, 0.1) is 0 Å². The molecular formula is C12H14N2O4S. The van der Waals surface area contributed by atoms with E-state index in [9.17, 15) is 13.2 Å². The lowest BCUT2D eigenvalue weighted by molar-refractivity contribution is -0.115. The number of benzene rings is 1. The van der Waals surface area contributed by atoms with Gasteiger partial charge in [0.25, 0.3) is 0 Å². The van der Waals surface area contributed by atoms with Gasteiger partial charge < -0.3 is 10.1 Å². The molecule has 1 rings (SSSR count). The Bertz CT molecular complexity index is 587. The van der Waals surface area contributed by atoms with E-state index in [0.717, 1.165) is 6.26 Å². The second-order valence-corrected chi connectivity index (χ2v) is 6.30. The van der Waals surface area contributed by atoms with E-state index in [1.807, 2.05) is 6.07 Å². The van der Waals surface area contributed by atoms with E-state index in [4.69, 9.17) is 10.00 Å². The summed E-state index contributed by atoms with van der Waals surface area (Å²) in [7, 11) is -3.42. The summed E-state index contributed by atoms with van der Waals surface area (Å²) < 4.78 is 27.5. The third kappa shape index (κ3) is 4.60. The molecule has 0 saturated carbocycles. The van der Waals surface area contributed by atoms with Crippen molar-refractivity contribution in [2.75, 3.05) is 18.2 Å². The van der Waals surface area contributed by atoms with E-state index in [1.165, 1.54) is 6.92 Å². The molecule has 7 heteroatoms. The topological polar surface area (TPSA) is 96.3 Å². The Morgan fingerprint density at radius 3 is 2.47 bits per heavy atom. The molecule has 102 valence electrons. The standard InChI is InChI=1S/C12H14N2O4S/c1-9(19(2,16)17)12(15)14-10-3-5-11(6-4-10)18-8-7-13/h3-6,9H,8H2,1-2H3,(H,14,15). The summed E-state index contributed by atoms with van der Waals surface area (Å²) in [5.74, 6) is -0.0936. The van der Waals surface area contributed by atoms with Crippen molar-refractivity contribution in [3.8, 4) is 11.8 Å². The van der Waals surface area contributed by atoms with E-state index in [0.29, 0.717) is 11.4 Å². The number of hydrogen-bond acceptors (Lipinski definition) is 5. The molecule has 19 heavy (non-hydrogen) atoms. The number of anilines is 1. The van der Waals surface area contributed by atoms with Gasteiger partial charge in [0, 0.05) is 11.9 Å². The molecule has 0 bridgehead atoms. The number of nitriles is 1. The van der Waals surface area contributed by atoms with Crippen molar-refractivity contribution in [1.29, 1.82) is 5.26 Å². The first-order valence-electron chi connectivity index (χ1n) is 5.44. The van der Waals surface area contributed by atoms with E-state index in [2.05, 4.69) is 5.32 Å². The highest BCUT2D eigenvalue weighted by molar-refractivity contribution is 7.92. The lowest BCUT2D eigenvalue weighted by Gasteiger charge is -2.10. The summed E-state index contributed by atoms with van der Waals surface area (Å²) in [6.07, 6.45) is 1.01. The van der Waals surface area contributed by atoms with Gasteiger partial charge in [0.1, 0.15) is 17.1 Å². The smallest absolute Gasteiger partial charge is 0.242 e. The Hall–Kier alpha value is -2.07. The van der Waals surface area contributed by atoms with Crippen LogP contribution in [0, 0.1) is 11.3 Å². The maximum atomic E-state index is 11.7. The van der Waals surface area contributed by atoms with Gasteiger partial charge >= 0.3 is 0 Å². The van der Waals surface area contributed by atoms with Crippen molar-refractivity contribution in [2.45, 2.75) is 12.2 Å². The van der Waals surface area contributed by atoms with Gasteiger partial charge in [-0.05, 0) is 31.2 Å². The molecule has 0 radical (unpaired) electrons. The summed E-state index contributed by atoms with van der Waals surface area (Å²) in [6, 6.07) is 8.14. The van der Waals surface area contributed by atoms with Crippen LogP contribution in [0.25, 0.3) is 0 Å². The first-order chi connectivity index (χ1) is 8.84. The SMILES string of the molecule is CC(C(=O)Nc1ccc(OCC#N)cc1)S(C)(=O)=O. The quantitative estimate of drug-likeness (QED) is 0.867. The first-order valence-corrected chi connectivity index (χ1v) is 7.39. The first kappa shape index (κ1) is 15.0. The molecule has 6 nitrogen and oxygen atoms in total. The molecule has 1 amide bonds. The Kier molecular flexibility index (Phi) is 4.89. The molecule has 1 aromatic carbocycles. The maximum Gasteiger partial charge on any atom is 0.242 e. The number of nitrogens with one attached hydrogen (secondary N) is 1. The van der Waals surface area contributed by atoms with Crippen molar-refractivity contribution in [3.63, 3.8) is 0 Å². The van der Waals surface area contributed by atoms with Gasteiger partial charge in [-0.3, -0.25) is 4.79 Å². The molecule has 1 unspecified atom stereocenters. The number of sulfone groups is 1. The molecule has 0 aliphatic heterocycles. The molecule has 0 heterocycles. The summed E-state index contributed by atoms with van der Waals surface area (Å²) in [4.78, 5) is 11.7. The Morgan fingerprint density at radius 1 is 1.42 bits per heavy atom. The van der Waals surface area contributed by atoms with Gasteiger partial charge in [0.2, 0.25) is 5.91 Å². The molecule has 1 N–H and O–H groups in total. The average molecular weight is 282 g/mol. The van der Waals surface area contributed by atoms with Gasteiger partial charge in [-0.1, -0.05) is 0 Å². The van der Waals surface area contributed by atoms with Crippen LogP contribution in [-0.2, 0) is 14.6 Å². The van der Waals surface area contributed by atoms with Gasteiger partial charge in [0.15, 0.2) is 16.4 Å². The van der Waals surface area contributed by atoms with Crippen molar-refractivity contribution >= 4 is 21.4 Å². The molecular weight excluding hydrogens is 268 g/mol. The molecule has 0 aliphatic rings. The highest BCUT2D eigenvalue weighted by Gasteiger charge is 2.23. The minimum Gasteiger partial charge on any atom is -0.479 e. The monoisotopic (exact) mass is 282 g/mol. The van der Waals surface area contributed by atoms with Crippen molar-refractivity contribution < 1.29 is 17.9 Å². The molecule has 0 saturated heterocycles. The zero-order valence-electron chi connectivity index (χ0n) is 10.6. The highest BCUT2D eigenvalue weighted by Crippen LogP contribution is 2.16. The van der Waals surface area contributed by atoms with Crippen LogP contribution in [0.2, 0.25) is 0 Å². The normalized spacial score (nSPS) is 12.3. The Labute approximate surface area is 111 Å². The van der Waals surface area contributed by atoms with E-state index in [-0.39, 0.29) is 6.61 Å². The predicted octanol–water partition coefficient (Wildman–Crippen LogP) is 0.961. The number of amides is 1. The molecule has 0 spiro atoms. The average Bonchev–Trinajstić information content (AvgIpc) is 2.36. The number of hydrogen-bond donors (Lipinski definition) is 1. The summed E-state index contributed by atoms with van der Waals surface area (Å²) in [5.41, 5.74) is 0.463. The predicted molar refractivity (Wildman–Crippen MR) is 70.5 cm³/mol. The van der Waals surface area contributed by atoms with Crippen molar-refractivity contribution in [3.05, 3.63) is 24.3 Å². The summed E-state index contributed by atoms with van der Waals surface area (Å²) in [6.45, 7) is 1.27. The fourth-order valence-corrected chi connectivity index (χ4v) is 1.64. The van der Waals surface area contributed by atoms with E-state index in [1.54, 1.807) is 24.3 Å². The number of rotatable bonds is 5. The number of nitrogens with zero attached hydrogens (tertiary/aromatic N) is 1. The second-order valence-electron chi connectivity index (χ2n) is 3.93. The fourth-order valence-electron chi connectivity index (χ4n) is 1.19. The highest BCUT2D eigenvalue weighted by atomic mass is 32.2.